The Morgan fingerprint density at radius 2 is 2.16 bits per heavy atom. The van der Waals surface area contributed by atoms with Crippen LogP contribution in [0.1, 0.15) is 0 Å². The van der Waals surface area contributed by atoms with Crippen LogP contribution in [0.15, 0.2) is 16.9 Å². The van der Waals surface area contributed by atoms with E-state index in [1.807, 2.05) is 0 Å². The zero-order valence-corrected chi connectivity index (χ0v) is 11.0. The molecule has 0 unspecified atom stereocenters. The molecular formula is C9H9BrF3N3O3. The number of anilines is 1. The third-order valence-electron chi connectivity index (χ3n) is 1.89. The van der Waals surface area contributed by atoms with E-state index >= 15 is 0 Å². The summed E-state index contributed by atoms with van der Waals surface area (Å²) in [7, 11) is 0. The van der Waals surface area contributed by atoms with E-state index < -0.39 is 17.7 Å². The average Bonchev–Trinajstić information content (AvgIpc) is 2.28. The summed E-state index contributed by atoms with van der Waals surface area (Å²) in [6, 6.07) is 0. The second-order valence-electron chi connectivity index (χ2n) is 3.37. The largest absolute Gasteiger partial charge is 0.411 e. The van der Waals surface area contributed by atoms with E-state index in [2.05, 4.69) is 31.0 Å². The Hall–Kier alpha value is -1.42. The van der Waals surface area contributed by atoms with Gasteiger partial charge in [0.15, 0.2) is 0 Å². The second-order valence-corrected chi connectivity index (χ2v) is 4.22. The fourth-order valence-corrected chi connectivity index (χ4v) is 1.64. The molecule has 0 aliphatic carbocycles. The molecule has 106 valence electrons. The Morgan fingerprint density at radius 3 is 2.74 bits per heavy atom. The number of halogens is 4. The van der Waals surface area contributed by atoms with Gasteiger partial charge in [-0.25, -0.2) is 0 Å². The van der Waals surface area contributed by atoms with Crippen LogP contribution >= 0.6 is 15.9 Å². The topological polar surface area (TPSA) is 77.3 Å². The molecule has 1 N–H and O–H groups in total. The summed E-state index contributed by atoms with van der Waals surface area (Å²) < 4.78 is 40.1. The van der Waals surface area contributed by atoms with Gasteiger partial charge in [-0.15, -0.1) is 0 Å². The Kier molecular flexibility index (Phi) is 5.48. The van der Waals surface area contributed by atoms with Crippen LogP contribution in [0.25, 0.3) is 0 Å². The van der Waals surface area contributed by atoms with Gasteiger partial charge in [-0.3, -0.25) is 15.1 Å². The lowest BCUT2D eigenvalue weighted by atomic mass is 10.3. The summed E-state index contributed by atoms with van der Waals surface area (Å²) in [6.07, 6.45) is -2.00. The van der Waals surface area contributed by atoms with Crippen LogP contribution in [-0.4, -0.2) is 35.8 Å². The Balaban J connectivity index is 2.52. The number of nitrogens with one attached hydrogen (secondary N) is 1. The van der Waals surface area contributed by atoms with E-state index in [0.717, 1.165) is 6.20 Å². The minimum absolute atomic E-state index is 0.000463. The van der Waals surface area contributed by atoms with E-state index in [1.165, 1.54) is 6.20 Å². The summed E-state index contributed by atoms with van der Waals surface area (Å²) in [5.41, 5.74) is -0.124. The lowest BCUT2D eigenvalue weighted by Crippen LogP contribution is -2.20. The van der Waals surface area contributed by atoms with Crippen molar-refractivity contribution in [3.05, 3.63) is 27.0 Å². The quantitative estimate of drug-likeness (QED) is 0.488. The monoisotopic (exact) mass is 343 g/mol. The molecule has 0 atom stereocenters. The zero-order valence-electron chi connectivity index (χ0n) is 9.41. The molecule has 0 bridgehead atoms. The van der Waals surface area contributed by atoms with Crippen molar-refractivity contribution >= 4 is 27.3 Å². The summed E-state index contributed by atoms with van der Waals surface area (Å²) in [4.78, 5) is 13.7. The first-order chi connectivity index (χ1) is 8.81. The molecule has 0 saturated heterocycles. The van der Waals surface area contributed by atoms with E-state index in [4.69, 9.17) is 0 Å². The van der Waals surface area contributed by atoms with Crippen molar-refractivity contribution in [2.45, 2.75) is 6.18 Å². The molecule has 0 saturated carbocycles. The molecule has 10 heteroatoms. The summed E-state index contributed by atoms with van der Waals surface area (Å²) in [6.45, 7) is -1.58. The number of aromatic nitrogens is 1. The first-order valence-corrected chi connectivity index (χ1v) is 5.77. The van der Waals surface area contributed by atoms with Gasteiger partial charge in [0.25, 0.3) is 0 Å². The van der Waals surface area contributed by atoms with Crippen LogP contribution in [-0.2, 0) is 4.74 Å². The fourth-order valence-electron chi connectivity index (χ4n) is 1.17. The maximum absolute atomic E-state index is 11.8. The highest BCUT2D eigenvalue weighted by Gasteiger charge is 2.27. The standard InChI is InChI=1S/C9H9BrF3N3O3/c10-6-3-14-4-7(16(17)18)8(6)15-1-2-19-5-9(11,12)13/h3-4H,1-2,5H2,(H,14,15). The van der Waals surface area contributed by atoms with E-state index in [0.29, 0.717) is 4.47 Å². The van der Waals surface area contributed by atoms with Crippen molar-refractivity contribution in [2.24, 2.45) is 0 Å². The van der Waals surface area contributed by atoms with E-state index in [-0.39, 0.29) is 24.5 Å². The number of rotatable bonds is 6. The third kappa shape index (κ3) is 5.39. The van der Waals surface area contributed by atoms with Gasteiger partial charge in [-0.2, -0.15) is 13.2 Å². The first-order valence-electron chi connectivity index (χ1n) is 4.97. The summed E-state index contributed by atoms with van der Waals surface area (Å²) in [5, 5.41) is 13.3. The maximum atomic E-state index is 11.8. The van der Waals surface area contributed by atoms with Crippen molar-refractivity contribution in [3.8, 4) is 0 Å². The van der Waals surface area contributed by atoms with Gasteiger partial charge < -0.3 is 10.1 Å². The molecule has 1 aromatic heterocycles. The summed E-state index contributed by atoms with van der Waals surface area (Å²) in [5.74, 6) is 0. The number of alkyl halides is 3. The molecule has 0 spiro atoms. The molecule has 0 radical (unpaired) electrons. The lowest BCUT2D eigenvalue weighted by molar-refractivity contribution is -0.384. The number of pyridine rings is 1. The molecule has 6 nitrogen and oxygen atoms in total. The van der Waals surface area contributed by atoms with Gasteiger partial charge in [0.05, 0.1) is 16.0 Å². The number of nitrogens with zero attached hydrogens (tertiary/aromatic N) is 2. The highest BCUT2D eigenvalue weighted by atomic mass is 79.9. The van der Waals surface area contributed by atoms with Crippen molar-refractivity contribution < 1.29 is 22.8 Å². The molecule has 19 heavy (non-hydrogen) atoms. The molecule has 1 heterocycles. The molecule has 0 amide bonds. The van der Waals surface area contributed by atoms with Gasteiger partial charge in [-0.1, -0.05) is 0 Å². The molecular weight excluding hydrogens is 335 g/mol. The number of nitro groups is 1. The van der Waals surface area contributed by atoms with Crippen LogP contribution in [0.4, 0.5) is 24.5 Å². The highest BCUT2D eigenvalue weighted by Crippen LogP contribution is 2.30. The van der Waals surface area contributed by atoms with Crippen molar-refractivity contribution in [1.29, 1.82) is 0 Å². The van der Waals surface area contributed by atoms with E-state index in [1.54, 1.807) is 0 Å². The molecule has 0 fully saturated rings. The van der Waals surface area contributed by atoms with Crippen LogP contribution in [0.5, 0.6) is 0 Å². The molecule has 0 aromatic carbocycles. The van der Waals surface area contributed by atoms with Gasteiger partial charge >= 0.3 is 11.9 Å². The smallest absolute Gasteiger partial charge is 0.376 e. The van der Waals surface area contributed by atoms with Gasteiger partial charge in [0, 0.05) is 12.7 Å². The van der Waals surface area contributed by atoms with Crippen molar-refractivity contribution in [3.63, 3.8) is 0 Å². The zero-order chi connectivity index (χ0) is 14.5. The predicted molar refractivity (Wildman–Crippen MR) is 64.0 cm³/mol. The second kappa shape index (κ2) is 6.66. The fraction of sp³-hybridized carbons (Fsp3) is 0.444. The molecule has 1 aromatic rings. The molecule has 1 rings (SSSR count). The first kappa shape index (κ1) is 15.6. The minimum atomic E-state index is -4.39. The number of hydrogen-bond acceptors (Lipinski definition) is 5. The Bertz CT molecular complexity index is 456. The van der Waals surface area contributed by atoms with Gasteiger partial charge in [0.2, 0.25) is 0 Å². The third-order valence-corrected chi connectivity index (χ3v) is 2.49. The Morgan fingerprint density at radius 1 is 1.47 bits per heavy atom. The number of hydrogen-bond donors (Lipinski definition) is 1. The molecule has 0 aliphatic rings. The predicted octanol–water partition coefficient (Wildman–Crippen LogP) is 2.74. The van der Waals surface area contributed by atoms with Crippen LogP contribution in [0, 0.1) is 10.1 Å². The van der Waals surface area contributed by atoms with Crippen LogP contribution in [0.2, 0.25) is 0 Å². The van der Waals surface area contributed by atoms with Crippen LogP contribution < -0.4 is 5.32 Å². The van der Waals surface area contributed by atoms with Crippen molar-refractivity contribution in [1.82, 2.24) is 4.98 Å². The lowest BCUT2D eigenvalue weighted by Gasteiger charge is -2.10. The van der Waals surface area contributed by atoms with E-state index in [9.17, 15) is 23.3 Å². The number of ether oxygens (including phenoxy) is 1. The van der Waals surface area contributed by atoms with Gasteiger partial charge in [0.1, 0.15) is 18.5 Å². The van der Waals surface area contributed by atoms with Crippen molar-refractivity contribution in [2.75, 3.05) is 25.1 Å². The Labute approximate surface area is 114 Å². The minimum Gasteiger partial charge on any atom is -0.376 e. The highest BCUT2D eigenvalue weighted by molar-refractivity contribution is 9.10. The maximum Gasteiger partial charge on any atom is 0.411 e. The summed E-state index contributed by atoms with van der Waals surface area (Å²) >= 11 is 3.07. The SMILES string of the molecule is O=[N+]([O-])c1cncc(Br)c1NCCOCC(F)(F)F. The van der Waals surface area contributed by atoms with Crippen LogP contribution in [0.3, 0.4) is 0 Å². The van der Waals surface area contributed by atoms with Gasteiger partial charge in [-0.05, 0) is 15.9 Å². The molecule has 0 aliphatic heterocycles. The normalized spacial score (nSPS) is 11.4. The average molecular weight is 344 g/mol.